The van der Waals surface area contributed by atoms with Crippen molar-refractivity contribution in [3.63, 3.8) is 0 Å². The van der Waals surface area contributed by atoms with Gasteiger partial charge in [-0.25, -0.2) is 4.98 Å². The van der Waals surface area contributed by atoms with Gasteiger partial charge in [-0.05, 0) is 62.1 Å². The number of hydrogen-bond donors (Lipinski definition) is 2. The molecule has 1 aromatic carbocycles. The third-order valence-corrected chi connectivity index (χ3v) is 6.87. The van der Waals surface area contributed by atoms with Gasteiger partial charge in [0.1, 0.15) is 11.3 Å². The smallest absolute Gasteiger partial charge is 0.222 e. The molecule has 4 aromatic rings. The molecular formula is C27H32N6O2. The molecule has 0 saturated carbocycles. The van der Waals surface area contributed by atoms with Crippen LogP contribution in [0.15, 0.2) is 42.7 Å². The minimum atomic E-state index is -0.985. The van der Waals surface area contributed by atoms with E-state index < -0.39 is 5.60 Å². The van der Waals surface area contributed by atoms with E-state index in [0.29, 0.717) is 25.8 Å². The van der Waals surface area contributed by atoms with E-state index in [4.69, 9.17) is 0 Å². The summed E-state index contributed by atoms with van der Waals surface area (Å²) in [6.07, 6.45) is 5.92. The van der Waals surface area contributed by atoms with Crippen molar-refractivity contribution in [1.82, 2.24) is 24.8 Å². The fourth-order valence-corrected chi connectivity index (χ4v) is 5.25. The number of aromatic amines is 1. The summed E-state index contributed by atoms with van der Waals surface area (Å²) in [6, 6.07) is 9.97. The van der Waals surface area contributed by atoms with E-state index in [9.17, 15) is 9.90 Å². The van der Waals surface area contributed by atoms with Crippen LogP contribution in [0.25, 0.3) is 22.1 Å². The Balaban J connectivity index is 1.23. The molecule has 182 valence electrons. The second kappa shape index (κ2) is 9.26. The predicted molar refractivity (Wildman–Crippen MR) is 137 cm³/mol. The first-order valence-corrected chi connectivity index (χ1v) is 12.2. The highest BCUT2D eigenvalue weighted by Crippen LogP contribution is 2.30. The van der Waals surface area contributed by atoms with Crippen molar-refractivity contribution in [2.24, 2.45) is 0 Å². The molecule has 35 heavy (non-hydrogen) atoms. The number of carbonyl (C=O) groups excluding carboxylic acids is 1. The number of benzene rings is 1. The normalized spacial score (nSPS) is 18.3. The Kier molecular flexibility index (Phi) is 6.15. The number of aromatic nitrogens is 4. The number of imidazole rings is 1. The van der Waals surface area contributed by atoms with Crippen LogP contribution in [0, 0.1) is 13.8 Å². The summed E-state index contributed by atoms with van der Waals surface area (Å²) in [5.41, 5.74) is 5.94. The first-order chi connectivity index (χ1) is 16.8. The van der Waals surface area contributed by atoms with Gasteiger partial charge in [0.15, 0.2) is 0 Å². The number of fused-ring (bicyclic) bond motifs is 2. The lowest BCUT2D eigenvalue weighted by atomic mass is 9.91. The molecule has 5 rings (SSSR count). The third kappa shape index (κ3) is 4.84. The van der Waals surface area contributed by atoms with Crippen LogP contribution in [0.2, 0.25) is 0 Å². The summed E-state index contributed by atoms with van der Waals surface area (Å²) in [5, 5.41) is 11.4. The van der Waals surface area contributed by atoms with Gasteiger partial charge in [-0.2, -0.15) is 0 Å². The molecule has 0 spiro atoms. The van der Waals surface area contributed by atoms with Gasteiger partial charge in [0, 0.05) is 45.4 Å². The standard InChI is InChI=1S/C27H32N6O2/c1-18-14-19(2)25-21(15-18)30-23(31-25)7-8-24(34)32(3)16-27(35)10-5-13-33(17-27)22-9-12-28-20-6-4-11-29-26(20)22/h4,6,9,11-12,14-15,35H,5,7-8,10,13,16-17H2,1-3H3,(H,30,31)/t27-/m1/s1. The maximum absolute atomic E-state index is 12.9. The molecule has 0 aliphatic carbocycles. The topological polar surface area (TPSA) is 98.2 Å². The largest absolute Gasteiger partial charge is 0.386 e. The van der Waals surface area contributed by atoms with Crippen molar-refractivity contribution >= 4 is 33.7 Å². The number of aryl methyl sites for hydroxylation is 3. The molecule has 8 heteroatoms. The van der Waals surface area contributed by atoms with Crippen LogP contribution < -0.4 is 4.90 Å². The van der Waals surface area contributed by atoms with Gasteiger partial charge in [0.25, 0.3) is 0 Å². The predicted octanol–water partition coefficient (Wildman–Crippen LogP) is 3.55. The number of nitrogens with zero attached hydrogens (tertiary/aromatic N) is 5. The maximum Gasteiger partial charge on any atom is 0.222 e. The van der Waals surface area contributed by atoms with Gasteiger partial charge >= 0.3 is 0 Å². The number of rotatable bonds is 6. The molecule has 1 fully saturated rings. The first kappa shape index (κ1) is 23.2. The number of carbonyl (C=O) groups is 1. The minimum Gasteiger partial charge on any atom is -0.386 e. The van der Waals surface area contributed by atoms with Crippen LogP contribution in [0.4, 0.5) is 5.69 Å². The number of piperidine rings is 1. The molecule has 1 atom stereocenters. The highest BCUT2D eigenvalue weighted by Gasteiger charge is 2.36. The molecule has 0 bridgehead atoms. The highest BCUT2D eigenvalue weighted by molar-refractivity contribution is 5.87. The Bertz CT molecular complexity index is 1380. The summed E-state index contributed by atoms with van der Waals surface area (Å²) >= 11 is 0. The van der Waals surface area contributed by atoms with Gasteiger partial charge in [0.2, 0.25) is 5.91 Å². The molecular weight excluding hydrogens is 440 g/mol. The zero-order chi connectivity index (χ0) is 24.6. The fourth-order valence-electron chi connectivity index (χ4n) is 5.25. The van der Waals surface area contributed by atoms with E-state index >= 15 is 0 Å². The average molecular weight is 473 g/mol. The van der Waals surface area contributed by atoms with E-state index in [0.717, 1.165) is 52.1 Å². The van der Waals surface area contributed by atoms with Crippen molar-refractivity contribution in [2.45, 2.75) is 45.1 Å². The second-order valence-electron chi connectivity index (χ2n) is 9.86. The van der Waals surface area contributed by atoms with E-state index in [1.807, 2.05) is 18.2 Å². The molecule has 0 radical (unpaired) electrons. The molecule has 1 amide bonds. The molecule has 1 aliphatic heterocycles. The Morgan fingerprint density at radius 2 is 2.06 bits per heavy atom. The maximum atomic E-state index is 12.9. The molecule has 1 aliphatic rings. The van der Waals surface area contributed by atoms with Crippen molar-refractivity contribution in [3.05, 3.63) is 59.7 Å². The lowest BCUT2D eigenvalue weighted by molar-refractivity contribution is -0.133. The Hall–Kier alpha value is -3.52. The quantitative estimate of drug-likeness (QED) is 0.445. The number of nitrogens with one attached hydrogen (secondary N) is 1. The summed E-state index contributed by atoms with van der Waals surface area (Å²) in [6.45, 7) is 5.69. The van der Waals surface area contributed by atoms with Crippen LogP contribution in [-0.4, -0.2) is 68.1 Å². The first-order valence-electron chi connectivity index (χ1n) is 12.2. The van der Waals surface area contributed by atoms with Gasteiger partial charge in [0.05, 0.1) is 34.4 Å². The van der Waals surface area contributed by atoms with Crippen LogP contribution in [-0.2, 0) is 11.2 Å². The zero-order valence-electron chi connectivity index (χ0n) is 20.6. The van der Waals surface area contributed by atoms with Gasteiger partial charge in [-0.1, -0.05) is 6.07 Å². The molecule has 0 unspecified atom stereocenters. The van der Waals surface area contributed by atoms with Gasteiger partial charge in [-0.15, -0.1) is 0 Å². The van der Waals surface area contributed by atoms with E-state index in [-0.39, 0.29) is 12.5 Å². The lowest BCUT2D eigenvalue weighted by Gasteiger charge is -2.42. The Labute approximate surface area is 205 Å². The summed E-state index contributed by atoms with van der Waals surface area (Å²) in [5.74, 6) is 0.815. The number of pyridine rings is 2. The minimum absolute atomic E-state index is 0.0000605. The number of hydrogen-bond acceptors (Lipinski definition) is 6. The Morgan fingerprint density at radius 1 is 1.20 bits per heavy atom. The van der Waals surface area contributed by atoms with Crippen molar-refractivity contribution < 1.29 is 9.90 Å². The number of likely N-dealkylation sites (N-methyl/N-ethyl adjacent to an activating group) is 1. The number of H-pyrrole nitrogens is 1. The van der Waals surface area contributed by atoms with Crippen molar-refractivity contribution in [3.8, 4) is 0 Å². The molecule has 1 saturated heterocycles. The van der Waals surface area contributed by atoms with E-state index in [2.05, 4.69) is 50.8 Å². The zero-order valence-corrected chi connectivity index (χ0v) is 20.6. The summed E-state index contributed by atoms with van der Waals surface area (Å²) in [7, 11) is 1.77. The highest BCUT2D eigenvalue weighted by atomic mass is 16.3. The van der Waals surface area contributed by atoms with Gasteiger partial charge < -0.3 is 19.9 Å². The third-order valence-electron chi connectivity index (χ3n) is 6.87. The number of aliphatic hydroxyl groups is 1. The van der Waals surface area contributed by atoms with Crippen molar-refractivity contribution in [2.75, 3.05) is 31.6 Å². The average Bonchev–Trinajstić information content (AvgIpc) is 3.25. The molecule has 3 aromatic heterocycles. The van der Waals surface area contributed by atoms with Crippen LogP contribution >= 0.6 is 0 Å². The lowest BCUT2D eigenvalue weighted by Crippen LogP contribution is -2.54. The number of amides is 1. The molecule has 8 nitrogen and oxygen atoms in total. The summed E-state index contributed by atoms with van der Waals surface area (Å²) < 4.78 is 0. The van der Waals surface area contributed by atoms with Crippen LogP contribution in [0.3, 0.4) is 0 Å². The van der Waals surface area contributed by atoms with Gasteiger partial charge in [-0.3, -0.25) is 14.8 Å². The summed E-state index contributed by atoms with van der Waals surface area (Å²) in [4.78, 5) is 33.7. The SMILES string of the molecule is Cc1cc(C)c2nc(CCC(=O)N(C)C[C@]3(O)CCCN(c4ccnc5cccnc45)C3)[nH]c2c1. The molecule has 4 heterocycles. The van der Waals surface area contributed by atoms with Crippen LogP contribution in [0.1, 0.15) is 36.2 Å². The Morgan fingerprint density at radius 3 is 2.91 bits per heavy atom. The van der Waals surface area contributed by atoms with E-state index in [1.165, 1.54) is 5.56 Å². The second-order valence-corrected chi connectivity index (χ2v) is 9.86. The number of β-amino-alcohol motifs (C(OH)–C–C–N with tert-alkyl or cyclic N) is 1. The number of anilines is 1. The molecule has 2 N–H and O–H groups in total. The van der Waals surface area contributed by atoms with Crippen molar-refractivity contribution in [1.29, 1.82) is 0 Å². The fraction of sp³-hybridized carbons (Fsp3) is 0.407. The van der Waals surface area contributed by atoms with E-state index in [1.54, 1.807) is 24.3 Å². The monoisotopic (exact) mass is 472 g/mol. The van der Waals surface area contributed by atoms with Crippen LogP contribution in [0.5, 0.6) is 0 Å².